The van der Waals surface area contributed by atoms with Crippen LogP contribution >= 0.6 is 0 Å². The number of phenols is 1. The van der Waals surface area contributed by atoms with Crippen LogP contribution in [0.5, 0.6) is 5.75 Å². The van der Waals surface area contributed by atoms with Gasteiger partial charge in [0.1, 0.15) is 5.75 Å². The smallest absolute Gasteiger partial charge is 0.257 e. The highest BCUT2D eigenvalue weighted by Gasteiger charge is 2.21. The number of nitrogens with one attached hydrogen (secondary N) is 1. The van der Waals surface area contributed by atoms with E-state index in [0.29, 0.717) is 6.42 Å². The lowest BCUT2D eigenvalue weighted by atomic mass is 10.1. The van der Waals surface area contributed by atoms with Gasteiger partial charge in [-0.05, 0) is 31.0 Å². The average Bonchev–Trinajstić information content (AvgIpc) is 2.14. The van der Waals surface area contributed by atoms with Crippen molar-refractivity contribution >= 4 is 0 Å². The van der Waals surface area contributed by atoms with E-state index in [2.05, 4.69) is 5.32 Å². The van der Waals surface area contributed by atoms with Crippen LogP contribution in [0.1, 0.15) is 19.4 Å². The summed E-state index contributed by atoms with van der Waals surface area (Å²) in [5.74, 6) is -2.49. The molecule has 1 atom stereocenters. The fourth-order valence-corrected chi connectivity index (χ4v) is 1.46. The summed E-state index contributed by atoms with van der Waals surface area (Å²) in [7, 11) is 0. The molecule has 0 radical (unpaired) electrons. The van der Waals surface area contributed by atoms with Crippen molar-refractivity contribution in [2.75, 3.05) is 6.54 Å². The maximum absolute atomic E-state index is 12.6. The second-order valence-electron chi connectivity index (χ2n) is 4.23. The van der Waals surface area contributed by atoms with E-state index in [1.165, 1.54) is 0 Å². The van der Waals surface area contributed by atoms with Gasteiger partial charge in [0.15, 0.2) is 0 Å². The van der Waals surface area contributed by atoms with Crippen LogP contribution in [0.15, 0.2) is 24.3 Å². The van der Waals surface area contributed by atoms with Crippen molar-refractivity contribution in [1.29, 1.82) is 0 Å². The minimum atomic E-state index is -2.69. The highest BCUT2D eigenvalue weighted by Crippen LogP contribution is 2.13. The SMILES string of the molecule is CC(Cc1cccc(O)c1)NCC(C)(F)F. The first-order valence-corrected chi connectivity index (χ1v) is 5.26. The molecule has 1 aromatic carbocycles. The van der Waals surface area contributed by atoms with Crippen LogP contribution in [0.25, 0.3) is 0 Å². The molecular formula is C12H17F2NO. The Balaban J connectivity index is 2.43. The summed E-state index contributed by atoms with van der Waals surface area (Å²) >= 11 is 0. The molecule has 1 unspecified atom stereocenters. The number of rotatable bonds is 5. The monoisotopic (exact) mass is 229 g/mol. The number of phenolic OH excluding ortho intramolecular Hbond substituents is 1. The Morgan fingerprint density at radius 1 is 1.44 bits per heavy atom. The lowest BCUT2D eigenvalue weighted by molar-refractivity contribution is 0.0204. The van der Waals surface area contributed by atoms with Gasteiger partial charge in [0, 0.05) is 13.0 Å². The predicted molar refractivity (Wildman–Crippen MR) is 59.9 cm³/mol. The third-order valence-corrected chi connectivity index (χ3v) is 2.21. The number of alkyl halides is 2. The second kappa shape index (κ2) is 5.25. The van der Waals surface area contributed by atoms with E-state index >= 15 is 0 Å². The maximum Gasteiger partial charge on any atom is 0.257 e. The van der Waals surface area contributed by atoms with Gasteiger partial charge in [-0.3, -0.25) is 0 Å². The van der Waals surface area contributed by atoms with Crippen LogP contribution in [-0.2, 0) is 6.42 Å². The molecule has 0 aromatic heterocycles. The molecule has 16 heavy (non-hydrogen) atoms. The zero-order valence-corrected chi connectivity index (χ0v) is 9.50. The molecule has 1 aromatic rings. The molecule has 2 N–H and O–H groups in total. The van der Waals surface area contributed by atoms with Crippen molar-refractivity contribution in [3.63, 3.8) is 0 Å². The molecule has 2 nitrogen and oxygen atoms in total. The molecule has 0 heterocycles. The van der Waals surface area contributed by atoms with Gasteiger partial charge in [-0.1, -0.05) is 12.1 Å². The fourth-order valence-electron chi connectivity index (χ4n) is 1.46. The van der Waals surface area contributed by atoms with Crippen LogP contribution in [0.4, 0.5) is 8.78 Å². The molecular weight excluding hydrogens is 212 g/mol. The summed E-state index contributed by atoms with van der Waals surface area (Å²) in [6.45, 7) is 2.41. The predicted octanol–water partition coefficient (Wildman–Crippen LogP) is 2.57. The Kier molecular flexibility index (Phi) is 4.24. The van der Waals surface area contributed by atoms with E-state index in [-0.39, 0.29) is 18.3 Å². The van der Waals surface area contributed by atoms with Gasteiger partial charge in [0.2, 0.25) is 0 Å². The summed E-state index contributed by atoms with van der Waals surface area (Å²) in [6, 6.07) is 6.78. The zero-order valence-electron chi connectivity index (χ0n) is 9.50. The Morgan fingerprint density at radius 2 is 2.12 bits per heavy atom. The quantitative estimate of drug-likeness (QED) is 0.813. The van der Waals surface area contributed by atoms with Crippen molar-refractivity contribution in [2.45, 2.75) is 32.2 Å². The van der Waals surface area contributed by atoms with Gasteiger partial charge in [-0.25, -0.2) is 8.78 Å². The average molecular weight is 229 g/mol. The fraction of sp³-hybridized carbons (Fsp3) is 0.500. The second-order valence-corrected chi connectivity index (χ2v) is 4.23. The van der Waals surface area contributed by atoms with Crippen LogP contribution < -0.4 is 5.32 Å². The van der Waals surface area contributed by atoms with Crippen molar-refractivity contribution < 1.29 is 13.9 Å². The van der Waals surface area contributed by atoms with Crippen molar-refractivity contribution in [3.8, 4) is 5.75 Å². The minimum Gasteiger partial charge on any atom is -0.508 e. The molecule has 0 fully saturated rings. The molecule has 0 bridgehead atoms. The molecule has 0 saturated heterocycles. The van der Waals surface area contributed by atoms with Crippen LogP contribution in [0.2, 0.25) is 0 Å². The molecule has 0 saturated carbocycles. The van der Waals surface area contributed by atoms with Crippen molar-refractivity contribution in [1.82, 2.24) is 5.32 Å². The number of benzene rings is 1. The van der Waals surface area contributed by atoms with Gasteiger partial charge in [-0.2, -0.15) is 0 Å². The normalized spacial score (nSPS) is 13.8. The Hall–Kier alpha value is -1.16. The van der Waals surface area contributed by atoms with Crippen molar-refractivity contribution in [2.24, 2.45) is 0 Å². The molecule has 0 aliphatic heterocycles. The van der Waals surface area contributed by atoms with Gasteiger partial charge in [0.05, 0.1) is 6.54 Å². The molecule has 90 valence electrons. The molecule has 0 amide bonds. The summed E-state index contributed by atoms with van der Waals surface area (Å²) < 4.78 is 25.2. The van der Waals surface area contributed by atoms with E-state index in [0.717, 1.165) is 12.5 Å². The molecule has 0 spiro atoms. The highest BCUT2D eigenvalue weighted by molar-refractivity contribution is 5.27. The summed E-state index contributed by atoms with van der Waals surface area (Å²) in [4.78, 5) is 0. The van der Waals surface area contributed by atoms with Gasteiger partial charge < -0.3 is 10.4 Å². The third kappa shape index (κ3) is 5.07. The number of hydrogen-bond donors (Lipinski definition) is 2. The van der Waals surface area contributed by atoms with E-state index in [4.69, 9.17) is 0 Å². The first-order chi connectivity index (χ1) is 7.37. The Labute approximate surface area is 94.3 Å². The highest BCUT2D eigenvalue weighted by atomic mass is 19.3. The van der Waals surface area contributed by atoms with Crippen LogP contribution in [-0.4, -0.2) is 23.6 Å². The first kappa shape index (κ1) is 12.9. The van der Waals surface area contributed by atoms with Gasteiger partial charge >= 0.3 is 0 Å². The van der Waals surface area contributed by atoms with Crippen LogP contribution in [0, 0.1) is 0 Å². The summed E-state index contributed by atoms with van der Waals surface area (Å²) in [6.07, 6.45) is 0.616. The Morgan fingerprint density at radius 3 is 2.69 bits per heavy atom. The summed E-state index contributed by atoms with van der Waals surface area (Å²) in [5, 5.41) is 12.0. The largest absolute Gasteiger partial charge is 0.508 e. The van der Waals surface area contributed by atoms with E-state index in [9.17, 15) is 13.9 Å². The number of halogens is 2. The van der Waals surface area contributed by atoms with Gasteiger partial charge in [-0.15, -0.1) is 0 Å². The molecule has 0 aliphatic carbocycles. The standard InChI is InChI=1S/C12H17F2NO/c1-9(15-8-12(2,13)14)6-10-4-3-5-11(16)7-10/h3-5,7,9,15-16H,6,8H2,1-2H3. The minimum absolute atomic E-state index is 0.0485. The molecule has 0 aliphatic rings. The first-order valence-electron chi connectivity index (χ1n) is 5.26. The van der Waals surface area contributed by atoms with E-state index < -0.39 is 5.92 Å². The lowest BCUT2D eigenvalue weighted by Gasteiger charge is -2.17. The molecule has 4 heteroatoms. The lowest BCUT2D eigenvalue weighted by Crippen LogP contribution is -2.37. The number of aromatic hydroxyl groups is 1. The van der Waals surface area contributed by atoms with Crippen LogP contribution in [0.3, 0.4) is 0 Å². The number of hydrogen-bond acceptors (Lipinski definition) is 2. The van der Waals surface area contributed by atoms with E-state index in [1.54, 1.807) is 18.2 Å². The van der Waals surface area contributed by atoms with Crippen molar-refractivity contribution in [3.05, 3.63) is 29.8 Å². The third-order valence-electron chi connectivity index (χ3n) is 2.21. The Bertz CT molecular complexity index is 336. The van der Waals surface area contributed by atoms with E-state index in [1.807, 2.05) is 13.0 Å². The molecule has 1 rings (SSSR count). The maximum atomic E-state index is 12.6. The summed E-state index contributed by atoms with van der Waals surface area (Å²) in [5.41, 5.74) is 0.930. The topological polar surface area (TPSA) is 32.3 Å². The van der Waals surface area contributed by atoms with Gasteiger partial charge in [0.25, 0.3) is 5.92 Å². The zero-order chi connectivity index (χ0) is 12.2.